The Bertz CT molecular complexity index is 423. The largest absolute Gasteiger partial charge is 0.411 e. The van der Waals surface area contributed by atoms with Gasteiger partial charge in [-0.2, -0.15) is 13.2 Å². The zero-order valence-corrected chi connectivity index (χ0v) is 9.58. The first-order valence-corrected chi connectivity index (χ1v) is 5.36. The molecule has 0 unspecified atom stereocenters. The highest BCUT2D eigenvalue weighted by molar-refractivity contribution is 9.10. The maximum absolute atomic E-state index is 12.5. The molecule has 1 amide bonds. The summed E-state index contributed by atoms with van der Waals surface area (Å²) >= 11 is 3.10. The van der Waals surface area contributed by atoms with Crippen molar-refractivity contribution in [3.63, 3.8) is 0 Å². The number of aromatic nitrogens is 1. The number of carbonyl (C=O) groups is 1. The summed E-state index contributed by atoms with van der Waals surface area (Å²) in [5, 5.41) is 2.02. The Morgan fingerprint density at radius 1 is 1.50 bits per heavy atom. The predicted octanol–water partition coefficient (Wildman–Crippen LogP) is 2.60. The van der Waals surface area contributed by atoms with Gasteiger partial charge in [0, 0.05) is 10.7 Å². The monoisotopic (exact) mass is 296 g/mol. The van der Waals surface area contributed by atoms with Crippen LogP contribution in [0.1, 0.15) is 23.3 Å². The zero-order valence-electron chi connectivity index (χ0n) is 7.99. The van der Waals surface area contributed by atoms with Crippen molar-refractivity contribution in [1.29, 1.82) is 0 Å². The molecule has 0 atom stereocenters. The minimum Gasteiger partial charge on any atom is -0.356 e. The van der Waals surface area contributed by atoms with Crippen LogP contribution in [0.4, 0.5) is 13.2 Å². The molecular formula is C9H8BrF3N2O. The highest BCUT2D eigenvalue weighted by Gasteiger charge is 2.64. The topological polar surface area (TPSA) is 44.9 Å². The van der Waals surface area contributed by atoms with Crippen molar-refractivity contribution in [2.75, 3.05) is 0 Å². The van der Waals surface area contributed by atoms with Crippen molar-refractivity contribution in [2.45, 2.75) is 24.6 Å². The van der Waals surface area contributed by atoms with Crippen LogP contribution in [-0.4, -0.2) is 22.6 Å². The number of halogens is 4. The van der Waals surface area contributed by atoms with Crippen molar-refractivity contribution in [3.8, 4) is 0 Å². The van der Waals surface area contributed by atoms with E-state index in [2.05, 4.69) is 20.9 Å². The lowest BCUT2D eigenvalue weighted by Crippen LogP contribution is -2.47. The Labute approximate surface area is 97.5 Å². The zero-order chi connectivity index (χ0) is 12.0. The molecule has 1 aliphatic rings. The third kappa shape index (κ3) is 1.95. The quantitative estimate of drug-likeness (QED) is 0.866. The molecule has 1 fully saturated rings. The maximum Gasteiger partial charge on any atom is 0.411 e. The molecule has 7 heteroatoms. The summed E-state index contributed by atoms with van der Waals surface area (Å²) in [6, 6.07) is 1.43. The van der Waals surface area contributed by atoms with E-state index in [-0.39, 0.29) is 18.5 Å². The Morgan fingerprint density at radius 2 is 2.12 bits per heavy atom. The third-order valence-corrected chi connectivity index (χ3v) is 3.00. The summed E-state index contributed by atoms with van der Waals surface area (Å²) in [7, 11) is 0. The van der Waals surface area contributed by atoms with Gasteiger partial charge in [0.1, 0.15) is 11.2 Å². The Morgan fingerprint density at radius 3 is 2.50 bits per heavy atom. The van der Waals surface area contributed by atoms with Crippen molar-refractivity contribution >= 4 is 21.8 Å². The summed E-state index contributed by atoms with van der Waals surface area (Å²) in [6.45, 7) is 0. The second-order valence-corrected chi connectivity index (χ2v) is 4.68. The number of hydrogen-bond donors (Lipinski definition) is 2. The first-order chi connectivity index (χ1) is 7.34. The second kappa shape index (κ2) is 3.51. The SMILES string of the molecule is O=C(NC1(C(F)(F)F)CC1)c1cc(Br)c[nH]1. The Hall–Kier alpha value is -0.980. The van der Waals surface area contributed by atoms with Crippen molar-refractivity contribution in [2.24, 2.45) is 0 Å². The summed E-state index contributed by atoms with van der Waals surface area (Å²) in [6.07, 6.45) is -3.00. The molecule has 1 aliphatic carbocycles. The third-order valence-electron chi connectivity index (χ3n) is 2.54. The van der Waals surface area contributed by atoms with Gasteiger partial charge in [-0.3, -0.25) is 4.79 Å². The van der Waals surface area contributed by atoms with Crippen LogP contribution in [0.15, 0.2) is 16.7 Å². The number of carbonyl (C=O) groups excluding carboxylic acids is 1. The summed E-state index contributed by atoms with van der Waals surface area (Å²) in [4.78, 5) is 14.1. The molecule has 0 aliphatic heterocycles. The van der Waals surface area contributed by atoms with Crippen LogP contribution in [0.25, 0.3) is 0 Å². The van der Waals surface area contributed by atoms with Gasteiger partial charge >= 0.3 is 6.18 Å². The van der Waals surface area contributed by atoms with Crippen LogP contribution in [-0.2, 0) is 0 Å². The highest BCUT2D eigenvalue weighted by Crippen LogP contribution is 2.49. The van der Waals surface area contributed by atoms with Crippen molar-refractivity contribution in [1.82, 2.24) is 10.3 Å². The highest BCUT2D eigenvalue weighted by atomic mass is 79.9. The molecule has 1 aromatic rings. The van der Waals surface area contributed by atoms with E-state index in [1.165, 1.54) is 12.3 Å². The van der Waals surface area contributed by atoms with Crippen molar-refractivity contribution in [3.05, 3.63) is 22.4 Å². The van der Waals surface area contributed by atoms with Crippen LogP contribution < -0.4 is 5.32 Å². The fourth-order valence-electron chi connectivity index (χ4n) is 1.39. The average Bonchev–Trinajstić information content (AvgIpc) is 2.81. The van der Waals surface area contributed by atoms with Gasteiger partial charge in [0.05, 0.1) is 0 Å². The molecular weight excluding hydrogens is 289 g/mol. The standard InChI is InChI=1S/C9H8BrF3N2O/c10-5-3-6(14-4-5)7(16)15-8(1-2-8)9(11,12)13/h3-4,14H,1-2H2,(H,15,16). The number of nitrogens with one attached hydrogen (secondary N) is 2. The van der Waals surface area contributed by atoms with E-state index in [4.69, 9.17) is 0 Å². The van der Waals surface area contributed by atoms with Crippen LogP contribution in [0.3, 0.4) is 0 Å². The van der Waals surface area contributed by atoms with E-state index in [1.54, 1.807) is 0 Å². The normalized spacial score (nSPS) is 18.2. The first-order valence-electron chi connectivity index (χ1n) is 4.57. The number of aromatic amines is 1. The molecule has 1 aromatic heterocycles. The minimum atomic E-state index is -4.38. The predicted molar refractivity (Wildman–Crippen MR) is 54.0 cm³/mol. The van der Waals surface area contributed by atoms with Gasteiger partial charge in [-0.25, -0.2) is 0 Å². The van der Waals surface area contributed by atoms with E-state index in [0.717, 1.165) is 0 Å². The van der Waals surface area contributed by atoms with Gasteiger partial charge in [0.15, 0.2) is 0 Å². The first kappa shape index (κ1) is 11.5. The van der Waals surface area contributed by atoms with Gasteiger partial charge in [-0.15, -0.1) is 0 Å². The van der Waals surface area contributed by atoms with Gasteiger partial charge in [-0.1, -0.05) is 0 Å². The Balaban J connectivity index is 2.09. The fourth-order valence-corrected chi connectivity index (χ4v) is 1.73. The fraction of sp³-hybridized carbons (Fsp3) is 0.444. The lowest BCUT2D eigenvalue weighted by molar-refractivity contribution is -0.163. The molecule has 1 saturated carbocycles. The summed E-state index contributed by atoms with van der Waals surface area (Å²) in [5.41, 5.74) is -1.90. The lowest BCUT2D eigenvalue weighted by atomic mass is 10.2. The van der Waals surface area contributed by atoms with Gasteiger partial charge in [0.25, 0.3) is 5.91 Å². The van der Waals surface area contributed by atoms with E-state index in [9.17, 15) is 18.0 Å². The Kier molecular flexibility index (Phi) is 2.52. The molecule has 0 aromatic carbocycles. The second-order valence-electron chi connectivity index (χ2n) is 3.77. The van der Waals surface area contributed by atoms with E-state index in [1.807, 2.05) is 5.32 Å². The van der Waals surface area contributed by atoms with E-state index in [0.29, 0.717) is 4.47 Å². The molecule has 0 radical (unpaired) electrons. The number of alkyl halides is 3. The molecule has 2 rings (SSSR count). The van der Waals surface area contributed by atoms with Crippen LogP contribution in [0.5, 0.6) is 0 Å². The van der Waals surface area contributed by atoms with E-state index >= 15 is 0 Å². The van der Waals surface area contributed by atoms with Crippen LogP contribution in [0.2, 0.25) is 0 Å². The van der Waals surface area contributed by atoms with Gasteiger partial charge in [-0.05, 0) is 34.8 Å². The molecule has 0 saturated heterocycles. The minimum absolute atomic E-state index is 0.0515. The lowest BCUT2D eigenvalue weighted by Gasteiger charge is -2.20. The molecule has 0 bridgehead atoms. The molecule has 3 nitrogen and oxygen atoms in total. The maximum atomic E-state index is 12.5. The molecule has 2 N–H and O–H groups in total. The smallest absolute Gasteiger partial charge is 0.356 e. The van der Waals surface area contributed by atoms with Gasteiger partial charge < -0.3 is 10.3 Å². The number of amides is 1. The average molecular weight is 297 g/mol. The van der Waals surface area contributed by atoms with Crippen LogP contribution >= 0.6 is 15.9 Å². The number of hydrogen-bond acceptors (Lipinski definition) is 1. The number of rotatable bonds is 2. The number of H-pyrrole nitrogens is 1. The molecule has 0 spiro atoms. The summed E-state index contributed by atoms with van der Waals surface area (Å²) < 4.78 is 38.2. The van der Waals surface area contributed by atoms with Gasteiger partial charge in [0.2, 0.25) is 0 Å². The van der Waals surface area contributed by atoms with Crippen molar-refractivity contribution < 1.29 is 18.0 Å². The molecule has 1 heterocycles. The summed E-state index contributed by atoms with van der Waals surface area (Å²) in [5.74, 6) is -0.736. The van der Waals surface area contributed by atoms with Crippen LogP contribution in [0, 0.1) is 0 Å². The van der Waals surface area contributed by atoms with E-state index < -0.39 is 17.6 Å². The molecule has 88 valence electrons. The molecule has 16 heavy (non-hydrogen) atoms.